The first kappa shape index (κ1) is 13.9. The van der Waals surface area contributed by atoms with Crippen molar-refractivity contribution in [2.75, 3.05) is 6.61 Å². The summed E-state index contributed by atoms with van der Waals surface area (Å²) in [5, 5.41) is 8.82. The molecule has 3 nitrogen and oxygen atoms in total. The van der Waals surface area contributed by atoms with Gasteiger partial charge in [-0.2, -0.15) is 13.2 Å². The zero-order valence-electron chi connectivity index (χ0n) is 9.12. The van der Waals surface area contributed by atoms with Gasteiger partial charge in [0, 0.05) is 6.42 Å². The van der Waals surface area contributed by atoms with E-state index in [-0.39, 0.29) is 18.8 Å². The van der Waals surface area contributed by atoms with E-state index in [0.717, 1.165) is 12.1 Å². The number of halogens is 3. The van der Waals surface area contributed by atoms with Crippen LogP contribution in [0.4, 0.5) is 13.2 Å². The van der Waals surface area contributed by atoms with Crippen LogP contribution < -0.4 is 4.74 Å². The van der Waals surface area contributed by atoms with E-state index in [0.29, 0.717) is 6.07 Å². The zero-order valence-corrected chi connectivity index (χ0v) is 9.12. The summed E-state index contributed by atoms with van der Waals surface area (Å²) in [4.78, 5) is 10.8. The molecule has 1 rings (SSSR count). The first-order valence-corrected chi connectivity index (χ1v) is 4.87. The van der Waals surface area contributed by atoms with Crippen molar-refractivity contribution < 1.29 is 27.8 Å². The highest BCUT2D eigenvalue weighted by Crippen LogP contribution is 2.32. The average Bonchev–Trinajstić information content (AvgIpc) is 2.28. The number of carbonyl (C=O) groups is 1. The van der Waals surface area contributed by atoms with Gasteiger partial charge in [-0.05, 0) is 18.2 Å². The van der Waals surface area contributed by atoms with Gasteiger partial charge in [0.15, 0.2) is 0 Å². The molecule has 0 aliphatic rings. The number of carboxylic acids is 1. The van der Waals surface area contributed by atoms with Crippen LogP contribution in [-0.2, 0) is 6.18 Å². The average molecular weight is 258 g/mol. The molecule has 0 amide bonds. The van der Waals surface area contributed by atoms with Gasteiger partial charge in [-0.1, -0.05) is 0 Å². The minimum absolute atomic E-state index is 0.0438. The first-order chi connectivity index (χ1) is 8.36. The van der Waals surface area contributed by atoms with E-state index in [1.54, 1.807) is 0 Å². The molecule has 0 bridgehead atoms. The number of carboxylic acid groups (broad SMARTS) is 1. The summed E-state index contributed by atoms with van der Waals surface area (Å²) in [6.07, 6.45) is 0.617. The summed E-state index contributed by atoms with van der Waals surface area (Å²) in [6, 6.07) is 2.27. The van der Waals surface area contributed by atoms with Crippen molar-refractivity contribution in [3.63, 3.8) is 0 Å². The highest BCUT2D eigenvalue weighted by atomic mass is 19.4. The molecule has 0 radical (unpaired) electrons. The quantitative estimate of drug-likeness (QED) is 0.667. The highest BCUT2D eigenvalue weighted by Gasteiger charge is 2.32. The van der Waals surface area contributed by atoms with Crippen LogP contribution in [0, 0.1) is 12.3 Å². The highest BCUT2D eigenvalue weighted by molar-refractivity contribution is 5.91. The lowest BCUT2D eigenvalue weighted by Crippen LogP contribution is -2.09. The molecule has 0 heterocycles. The zero-order chi connectivity index (χ0) is 13.8. The van der Waals surface area contributed by atoms with Crippen LogP contribution >= 0.6 is 0 Å². The molecule has 1 aromatic rings. The minimum atomic E-state index is -4.60. The molecular formula is C12H9F3O3. The summed E-state index contributed by atoms with van der Waals surface area (Å²) in [6.45, 7) is 0.0438. The number of hydrogen-bond donors (Lipinski definition) is 1. The predicted molar refractivity (Wildman–Crippen MR) is 57.3 cm³/mol. The van der Waals surface area contributed by atoms with E-state index in [1.807, 2.05) is 0 Å². The van der Waals surface area contributed by atoms with E-state index in [4.69, 9.17) is 16.3 Å². The minimum Gasteiger partial charge on any atom is -0.492 e. The van der Waals surface area contributed by atoms with Gasteiger partial charge < -0.3 is 9.84 Å². The van der Waals surface area contributed by atoms with Gasteiger partial charge in [-0.3, -0.25) is 0 Å². The molecule has 0 saturated carbocycles. The monoisotopic (exact) mass is 258 g/mol. The third-order valence-electron chi connectivity index (χ3n) is 2.04. The Morgan fingerprint density at radius 1 is 1.44 bits per heavy atom. The van der Waals surface area contributed by atoms with Crippen molar-refractivity contribution in [1.82, 2.24) is 0 Å². The lowest BCUT2D eigenvalue weighted by atomic mass is 10.1. The topological polar surface area (TPSA) is 46.5 Å². The number of alkyl halides is 3. The summed E-state index contributed by atoms with van der Waals surface area (Å²) in [5.74, 6) is 0.647. The van der Waals surface area contributed by atoms with Gasteiger partial charge in [0.1, 0.15) is 11.3 Å². The molecule has 0 saturated heterocycles. The van der Waals surface area contributed by atoms with Crippen LogP contribution in [0.2, 0.25) is 0 Å². The fourth-order valence-electron chi connectivity index (χ4n) is 1.22. The molecule has 0 fully saturated rings. The second-order valence-corrected chi connectivity index (χ2v) is 3.32. The Morgan fingerprint density at radius 3 is 2.61 bits per heavy atom. The van der Waals surface area contributed by atoms with Crippen molar-refractivity contribution in [2.24, 2.45) is 0 Å². The maximum absolute atomic E-state index is 12.4. The fourth-order valence-corrected chi connectivity index (χ4v) is 1.22. The molecule has 1 aromatic carbocycles. The van der Waals surface area contributed by atoms with Crippen molar-refractivity contribution in [1.29, 1.82) is 0 Å². The molecule has 0 aliphatic heterocycles. The summed E-state index contributed by atoms with van der Waals surface area (Å²) in [7, 11) is 0. The molecule has 0 aliphatic carbocycles. The van der Waals surface area contributed by atoms with Gasteiger partial charge in [-0.15, -0.1) is 12.3 Å². The van der Waals surface area contributed by atoms with Crippen LogP contribution in [0.1, 0.15) is 22.3 Å². The van der Waals surface area contributed by atoms with Gasteiger partial charge >= 0.3 is 12.1 Å². The summed E-state index contributed by atoms with van der Waals surface area (Å²) in [5.41, 5.74) is -1.58. The number of hydrogen-bond acceptors (Lipinski definition) is 2. The molecule has 1 N–H and O–H groups in total. The fraction of sp³-hybridized carbons (Fsp3) is 0.250. The van der Waals surface area contributed by atoms with Gasteiger partial charge in [0.2, 0.25) is 0 Å². The smallest absolute Gasteiger partial charge is 0.416 e. The molecule has 6 heteroatoms. The largest absolute Gasteiger partial charge is 0.492 e. The number of aromatic carboxylic acids is 1. The van der Waals surface area contributed by atoms with E-state index < -0.39 is 23.3 Å². The number of rotatable bonds is 4. The van der Waals surface area contributed by atoms with Crippen LogP contribution in [-0.4, -0.2) is 17.7 Å². The molecule has 18 heavy (non-hydrogen) atoms. The van der Waals surface area contributed by atoms with Crippen molar-refractivity contribution in [2.45, 2.75) is 12.6 Å². The van der Waals surface area contributed by atoms with Crippen LogP contribution in [0.3, 0.4) is 0 Å². The third-order valence-corrected chi connectivity index (χ3v) is 2.04. The Kier molecular flexibility index (Phi) is 4.21. The molecule has 0 atom stereocenters. The standard InChI is InChI=1S/C12H9F3O3/c1-2-3-6-18-10-5-4-8(12(13,14)15)7-9(10)11(16)17/h1,4-5,7H,3,6H2,(H,16,17). The van der Waals surface area contributed by atoms with E-state index in [1.165, 1.54) is 0 Å². The molecular weight excluding hydrogens is 249 g/mol. The molecule has 96 valence electrons. The lowest BCUT2D eigenvalue weighted by molar-refractivity contribution is -0.137. The molecule has 0 unspecified atom stereocenters. The van der Waals surface area contributed by atoms with Crippen LogP contribution in [0.25, 0.3) is 0 Å². The summed E-state index contributed by atoms with van der Waals surface area (Å²) < 4.78 is 42.2. The molecule has 0 aromatic heterocycles. The second-order valence-electron chi connectivity index (χ2n) is 3.32. The molecule has 0 spiro atoms. The number of ether oxygens (including phenoxy) is 1. The SMILES string of the molecule is C#CCCOc1ccc(C(F)(F)F)cc1C(=O)O. The Hall–Kier alpha value is -2.16. The van der Waals surface area contributed by atoms with Crippen molar-refractivity contribution >= 4 is 5.97 Å². The van der Waals surface area contributed by atoms with Crippen LogP contribution in [0.5, 0.6) is 5.75 Å². The lowest BCUT2D eigenvalue weighted by Gasteiger charge is -2.11. The Balaban J connectivity index is 3.06. The van der Waals surface area contributed by atoms with E-state index in [2.05, 4.69) is 5.92 Å². The number of terminal acetylenes is 1. The number of benzene rings is 1. The Bertz CT molecular complexity index is 486. The second kappa shape index (κ2) is 5.45. The normalized spacial score (nSPS) is 10.8. The maximum Gasteiger partial charge on any atom is 0.416 e. The third kappa shape index (κ3) is 3.42. The first-order valence-electron chi connectivity index (χ1n) is 4.87. The Labute approximate surface area is 101 Å². The van der Waals surface area contributed by atoms with E-state index in [9.17, 15) is 18.0 Å². The summed E-state index contributed by atoms with van der Waals surface area (Å²) >= 11 is 0. The van der Waals surface area contributed by atoms with Gasteiger partial charge in [-0.25, -0.2) is 4.79 Å². The predicted octanol–water partition coefficient (Wildman–Crippen LogP) is 2.81. The van der Waals surface area contributed by atoms with Crippen molar-refractivity contribution in [3.05, 3.63) is 29.3 Å². The Morgan fingerprint density at radius 2 is 2.11 bits per heavy atom. The van der Waals surface area contributed by atoms with Crippen molar-refractivity contribution in [3.8, 4) is 18.1 Å². The van der Waals surface area contributed by atoms with Crippen LogP contribution in [0.15, 0.2) is 18.2 Å². The van der Waals surface area contributed by atoms with Gasteiger partial charge in [0.05, 0.1) is 12.2 Å². The van der Waals surface area contributed by atoms with Gasteiger partial charge in [0.25, 0.3) is 0 Å². The maximum atomic E-state index is 12.4. The van der Waals surface area contributed by atoms with E-state index >= 15 is 0 Å².